The summed E-state index contributed by atoms with van der Waals surface area (Å²) in [6, 6.07) is 10.6. The Labute approximate surface area is 194 Å². The van der Waals surface area contributed by atoms with Gasteiger partial charge in [0.25, 0.3) is 0 Å². The highest BCUT2D eigenvalue weighted by Crippen LogP contribution is 2.37. The highest BCUT2D eigenvalue weighted by atomic mass is 35.5. The minimum absolute atomic E-state index is 0. The molecule has 33 heavy (non-hydrogen) atoms. The van der Waals surface area contributed by atoms with Crippen LogP contribution >= 0.6 is 12.4 Å². The van der Waals surface area contributed by atoms with Gasteiger partial charge >= 0.3 is 6.18 Å². The number of halogens is 4. The van der Waals surface area contributed by atoms with Gasteiger partial charge in [-0.1, -0.05) is 6.07 Å². The molecule has 0 spiro atoms. The number of nitrogens with two attached hydrogens (primary N) is 1. The number of hydrogen-bond acceptors (Lipinski definition) is 5. The Kier molecular flexibility index (Phi) is 7.20. The summed E-state index contributed by atoms with van der Waals surface area (Å²) in [5.41, 5.74) is 4.34. The molecule has 0 saturated carbocycles. The molecule has 11 heteroatoms. The Morgan fingerprint density at radius 2 is 2.06 bits per heavy atom. The normalized spacial score (nSPS) is 18.8. The molecule has 1 amide bonds. The largest absolute Gasteiger partial charge is 0.438 e. The van der Waals surface area contributed by atoms with E-state index in [0.29, 0.717) is 23.7 Å². The highest BCUT2D eigenvalue weighted by molar-refractivity contribution is 5.88. The fourth-order valence-electron chi connectivity index (χ4n) is 3.89. The van der Waals surface area contributed by atoms with Crippen molar-refractivity contribution >= 4 is 29.2 Å². The fourth-order valence-corrected chi connectivity index (χ4v) is 3.89. The summed E-state index contributed by atoms with van der Waals surface area (Å²) in [6.45, 7) is -0.386. The van der Waals surface area contributed by atoms with Crippen LogP contribution in [0.5, 0.6) is 11.6 Å². The first-order valence-corrected chi connectivity index (χ1v) is 10.2. The maximum absolute atomic E-state index is 13.2. The van der Waals surface area contributed by atoms with E-state index in [0.717, 1.165) is 15.8 Å². The van der Waals surface area contributed by atoms with Gasteiger partial charge in [0.05, 0.1) is 12.1 Å². The Morgan fingerprint density at radius 1 is 1.27 bits per heavy atom. The van der Waals surface area contributed by atoms with Crippen molar-refractivity contribution in [2.24, 2.45) is 5.73 Å². The van der Waals surface area contributed by atoms with Crippen molar-refractivity contribution in [2.45, 2.75) is 37.7 Å². The van der Waals surface area contributed by atoms with E-state index in [2.05, 4.69) is 4.98 Å². The molecule has 0 bridgehead atoms. The maximum Gasteiger partial charge on any atom is 0.418 e. The summed E-state index contributed by atoms with van der Waals surface area (Å²) in [7, 11) is 0. The third-order valence-corrected chi connectivity index (χ3v) is 5.68. The van der Waals surface area contributed by atoms with Crippen LogP contribution in [-0.4, -0.2) is 50.3 Å². The summed E-state index contributed by atoms with van der Waals surface area (Å²) in [5.74, 6) is 0.414. The summed E-state index contributed by atoms with van der Waals surface area (Å²) in [5, 5.41) is 10.7. The van der Waals surface area contributed by atoms with Crippen molar-refractivity contribution < 1.29 is 27.8 Å². The van der Waals surface area contributed by atoms with Crippen molar-refractivity contribution in [3.63, 3.8) is 0 Å². The van der Waals surface area contributed by atoms with Crippen molar-refractivity contribution in [3.8, 4) is 11.6 Å². The number of nitrogens with zero attached hydrogens (tertiary/aromatic N) is 3. The average molecular weight is 485 g/mol. The van der Waals surface area contributed by atoms with E-state index in [-0.39, 0.29) is 31.9 Å². The second-order valence-corrected chi connectivity index (χ2v) is 7.89. The van der Waals surface area contributed by atoms with E-state index >= 15 is 0 Å². The van der Waals surface area contributed by atoms with Crippen molar-refractivity contribution in [1.29, 1.82) is 0 Å². The van der Waals surface area contributed by atoms with Gasteiger partial charge in [-0.25, -0.2) is 4.98 Å². The Balaban J connectivity index is 0.00000306. The molecule has 1 fully saturated rings. The van der Waals surface area contributed by atoms with E-state index in [4.69, 9.17) is 10.5 Å². The zero-order chi connectivity index (χ0) is 22.9. The first-order valence-electron chi connectivity index (χ1n) is 10.2. The number of aliphatic hydroxyl groups is 1. The lowest BCUT2D eigenvalue weighted by molar-refractivity contribution is -0.272. The Morgan fingerprint density at radius 3 is 2.79 bits per heavy atom. The predicted octanol–water partition coefficient (Wildman–Crippen LogP) is 3.62. The number of ether oxygens (including phenoxy) is 1. The molecule has 4 rings (SSSR count). The van der Waals surface area contributed by atoms with Gasteiger partial charge in [-0.2, -0.15) is 13.2 Å². The van der Waals surface area contributed by atoms with E-state index < -0.39 is 30.7 Å². The summed E-state index contributed by atoms with van der Waals surface area (Å²) in [4.78, 5) is 18.0. The molecule has 0 unspecified atom stereocenters. The number of hydrogen-bond donors (Lipinski definition) is 2. The van der Waals surface area contributed by atoms with Crippen LogP contribution in [0, 0.1) is 0 Å². The molecular weight excluding hydrogens is 461 g/mol. The molecule has 1 aliphatic heterocycles. The third-order valence-electron chi connectivity index (χ3n) is 5.68. The molecule has 3 aromatic rings. The third kappa shape index (κ3) is 5.07. The van der Waals surface area contributed by atoms with Gasteiger partial charge < -0.3 is 25.0 Å². The number of amides is 1. The van der Waals surface area contributed by atoms with E-state index in [1.165, 1.54) is 0 Å². The number of carbonyl (C=O) groups excluding carboxylic acids is 1. The molecule has 178 valence electrons. The SMILES string of the molecule is Cl.NCc1ccnc(Oc2cccc3c2ccn3CC(=O)N2CCC[C@@](O)(C(F)(F)F)C2)c1. The first-order chi connectivity index (χ1) is 15.2. The van der Waals surface area contributed by atoms with Crippen LogP contribution in [0.1, 0.15) is 18.4 Å². The van der Waals surface area contributed by atoms with Crippen LogP contribution in [0.25, 0.3) is 10.9 Å². The zero-order valence-electron chi connectivity index (χ0n) is 17.6. The smallest absolute Gasteiger partial charge is 0.418 e. The number of likely N-dealkylation sites (tertiary alicyclic amines) is 1. The van der Waals surface area contributed by atoms with Crippen LogP contribution in [0.3, 0.4) is 0 Å². The van der Waals surface area contributed by atoms with E-state index in [1.54, 1.807) is 53.4 Å². The number of fused-ring (bicyclic) bond motifs is 1. The lowest BCUT2D eigenvalue weighted by Crippen LogP contribution is -2.58. The summed E-state index contributed by atoms with van der Waals surface area (Å²) in [6.07, 6.45) is -1.83. The standard InChI is InChI=1S/C22H23F3N4O3.ClH/c23-22(24,25)21(31)7-2-9-29(14-21)20(30)13-28-10-6-16-17(28)3-1-4-18(16)32-19-11-15(12-26)5-8-27-19;/h1,3-6,8,10-11,31H,2,7,9,12-14,26H2;1H/t21-;/m0./s1. The summed E-state index contributed by atoms with van der Waals surface area (Å²) < 4.78 is 47.1. The number of alkyl halides is 3. The number of β-amino-alcohol motifs (C(OH)–C–C–N with tert-alkyl or cyclic N) is 1. The van der Waals surface area contributed by atoms with Gasteiger partial charge in [-0.05, 0) is 42.7 Å². The van der Waals surface area contributed by atoms with Gasteiger partial charge in [-0.3, -0.25) is 4.79 Å². The van der Waals surface area contributed by atoms with Crippen molar-refractivity contribution in [1.82, 2.24) is 14.5 Å². The van der Waals surface area contributed by atoms with Crippen LogP contribution in [0.4, 0.5) is 13.2 Å². The minimum Gasteiger partial charge on any atom is -0.438 e. The number of pyridine rings is 1. The molecule has 1 atom stereocenters. The predicted molar refractivity (Wildman–Crippen MR) is 118 cm³/mol. The van der Waals surface area contributed by atoms with Crippen molar-refractivity contribution in [3.05, 3.63) is 54.4 Å². The number of aromatic nitrogens is 2. The van der Waals surface area contributed by atoms with Crippen LogP contribution in [0.2, 0.25) is 0 Å². The lowest BCUT2D eigenvalue weighted by Gasteiger charge is -2.40. The molecule has 0 radical (unpaired) electrons. The fraction of sp³-hybridized carbons (Fsp3) is 0.364. The van der Waals surface area contributed by atoms with Gasteiger partial charge in [-0.15, -0.1) is 12.4 Å². The molecule has 0 aliphatic carbocycles. The van der Waals surface area contributed by atoms with Crippen LogP contribution < -0.4 is 10.5 Å². The second-order valence-electron chi connectivity index (χ2n) is 7.89. The maximum atomic E-state index is 13.2. The van der Waals surface area contributed by atoms with Crippen LogP contribution in [-0.2, 0) is 17.9 Å². The number of benzene rings is 1. The van der Waals surface area contributed by atoms with Gasteiger partial charge in [0.15, 0.2) is 5.60 Å². The Bertz CT molecular complexity index is 1140. The minimum atomic E-state index is -4.78. The molecule has 1 aromatic carbocycles. The summed E-state index contributed by atoms with van der Waals surface area (Å²) >= 11 is 0. The molecular formula is C22H24ClF3N4O3. The topological polar surface area (TPSA) is 93.6 Å². The molecule has 1 aliphatic rings. The molecule has 3 N–H and O–H groups in total. The van der Waals surface area contributed by atoms with Crippen LogP contribution in [0.15, 0.2) is 48.8 Å². The molecule has 1 saturated heterocycles. The molecule has 2 aromatic heterocycles. The highest BCUT2D eigenvalue weighted by Gasteiger charge is 2.55. The number of piperidine rings is 1. The first kappa shape index (κ1) is 24.8. The van der Waals surface area contributed by atoms with Gasteiger partial charge in [0.2, 0.25) is 11.8 Å². The number of carbonyl (C=O) groups is 1. The molecule has 3 heterocycles. The zero-order valence-corrected chi connectivity index (χ0v) is 18.4. The lowest BCUT2D eigenvalue weighted by atomic mass is 9.92. The monoisotopic (exact) mass is 484 g/mol. The van der Waals surface area contributed by atoms with E-state index in [9.17, 15) is 23.1 Å². The Hall–Kier alpha value is -2.82. The second kappa shape index (κ2) is 9.58. The van der Waals surface area contributed by atoms with Gasteiger partial charge in [0.1, 0.15) is 12.3 Å². The van der Waals surface area contributed by atoms with Crippen molar-refractivity contribution in [2.75, 3.05) is 13.1 Å². The quantitative estimate of drug-likeness (QED) is 0.577. The average Bonchev–Trinajstić information content (AvgIpc) is 3.17. The van der Waals surface area contributed by atoms with Gasteiger partial charge in [0, 0.05) is 36.9 Å². The van der Waals surface area contributed by atoms with E-state index in [1.807, 2.05) is 0 Å². The molecule has 7 nitrogen and oxygen atoms in total. The number of rotatable bonds is 5.